The molecule has 0 aromatic heterocycles. The maximum atomic E-state index is 11.1. The molecule has 7 nitrogen and oxygen atoms in total. The van der Waals surface area contributed by atoms with E-state index in [1.54, 1.807) is 6.26 Å². The molecule has 0 radical (unpaired) electrons. The first-order chi connectivity index (χ1) is 6.96. The van der Waals surface area contributed by atoms with Gasteiger partial charge in [-0.25, -0.2) is 19.4 Å². The lowest BCUT2D eigenvalue weighted by Crippen LogP contribution is -2.51. The molecule has 0 bridgehead atoms. The predicted molar refractivity (Wildman–Crippen MR) is 51.2 cm³/mol. The third kappa shape index (κ3) is 4.66. The predicted octanol–water partition coefficient (Wildman–Crippen LogP) is -0.211. The normalized spacial score (nSPS) is 13.7. The molecule has 0 aliphatic heterocycles. The second kappa shape index (κ2) is 6.25. The first-order valence-corrected chi connectivity index (χ1v) is 5.21. The molecule has 0 heterocycles. The van der Waals surface area contributed by atoms with Gasteiger partial charge in [-0.3, -0.25) is 0 Å². The van der Waals surface area contributed by atoms with Crippen LogP contribution in [0.25, 0.3) is 0 Å². The van der Waals surface area contributed by atoms with Gasteiger partial charge in [0.1, 0.15) is 0 Å². The summed E-state index contributed by atoms with van der Waals surface area (Å²) < 4.78 is 0. The van der Waals surface area contributed by atoms with E-state index in [1.165, 1.54) is 11.8 Å². The summed E-state index contributed by atoms with van der Waals surface area (Å²) >= 11 is 1.38. The van der Waals surface area contributed by atoms with E-state index in [9.17, 15) is 14.4 Å². The minimum absolute atomic E-state index is 0.0411. The molecule has 8 heteroatoms. The van der Waals surface area contributed by atoms with Gasteiger partial charge < -0.3 is 15.6 Å². The Morgan fingerprint density at radius 2 is 2.13 bits per heavy atom. The van der Waals surface area contributed by atoms with Crippen molar-refractivity contribution >= 4 is 30.2 Å². The molecular weight excluding hydrogens is 226 g/mol. The molecule has 1 atom stereocenters. The van der Waals surface area contributed by atoms with Gasteiger partial charge in [0.25, 0.3) is 0 Å². The van der Waals surface area contributed by atoms with Crippen LogP contribution in [0.15, 0.2) is 0 Å². The molecule has 1 unspecified atom stereocenters. The van der Waals surface area contributed by atoms with Gasteiger partial charge in [-0.2, -0.15) is 11.8 Å². The number of carbonyl (C=O) groups is 3. The molecule has 86 valence electrons. The van der Waals surface area contributed by atoms with E-state index in [0.29, 0.717) is 5.75 Å². The Bertz CT molecular complexity index is 258. The maximum Gasteiger partial charge on any atom is 0.547 e. The SMILES string of the molecule is CSCCC(N)(C=O)C(=O)OOC(=O)O. The Labute approximate surface area is 89.8 Å². The Kier molecular flexibility index (Phi) is 5.72. The number of aldehydes is 1. The van der Waals surface area contributed by atoms with Crippen LogP contribution in [0.3, 0.4) is 0 Å². The fourth-order valence-corrected chi connectivity index (χ4v) is 1.17. The standard InChI is InChI=1S/C7H11NO6S/c1-15-3-2-7(8,4-9)5(10)13-14-6(11)12/h4H,2-3,8H2,1H3,(H,11,12). The summed E-state index contributed by atoms with van der Waals surface area (Å²) in [7, 11) is 0. The Balaban J connectivity index is 4.30. The van der Waals surface area contributed by atoms with Crippen LogP contribution in [0.1, 0.15) is 6.42 Å². The second-order valence-corrected chi connectivity index (χ2v) is 3.61. The van der Waals surface area contributed by atoms with Gasteiger partial charge in [-0.15, -0.1) is 0 Å². The highest BCUT2D eigenvalue weighted by atomic mass is 32.2. The minimum atomic E-state index is -1.86. The van der Waals surface area contributed by atoms with Crippen molar-refractivity contribution in [3.05, 3.63) is 0 Å². The number of carboxylic acid groups (broad SMARTS) is 1. The average Bonchev–Trinajstić information content (AvgIpc) is 2.22. The quantitative estimate of drug-likeness (QED) is 0.292. The van der Waals surface area contributed by atoms with Crippen molar-refractivity contribution in [3.8, 4) is 0 Å². The largest absolute Gasteiger partial charge is 0.547 e. The molecule has 3 N–H and O–H groups in total. The lowest BCUT2D eigenvalue weighted by Gasteiger charge is -2.17. The van der Waals surface area contributed by atoms with Gasteiger partial charge >= 0.3 is 12.1 Å². The highest BCUT2D eigenvalue weighted by Gasteiger charge is 2.37. The topological polar surface area (TPSA) is 116 Å². The van der Waals surface area contributed by atoms with Crippen LogP contribution >= 0.6 is 11.8 Å². The number of thioether (sulfide) groups is 1. The maximum absolute atomic E-state index is 11.1. The zero-order chi connectivity index (χ0) is 11.9. The molecule has 0 fully saturated rings. The van der Waals surface area contributed by atoms with Crippen LogP contribution < -0.4 is 5.73 Å². The first-order valence-electron chi connectivity index (χ1n) is 3.82. The summed E-state index contributed by atoms with van der Waals surface area (Å²) in [5.41, 5.74) is 3.52. The van der Waals surface area contributed by atoms with Crippen LogP contribution in [0.2, 0.25) is 0 Å². The Morgan fingerprint density at radius 1 is 1.53 bits per heavy atom. The molecule has 0 spiro atoms. The minimum Gasteiger partial charge on any atom is -0.447 e. The van der Waals surface area contributed by atoms with E-state index < -0.39 is 17.7 Å². The van der Waals surface area contributed by atoms with E-state index in [-0.39, 0.29) is 12.7 Å². The number of hydrogen-bond donors (Lipinski definition) is 2. The van der Waals surface area contributed by atoms with Gasteiger partial charge in [0.2, 0.25) is 0 Å². The Morgan fingerprint density at radius 3 is 2.53 bits per heavy atom. The molecule has 0 saturated heterocycles. The fourth-order valence-electron chi connectivity index (χ4n) is 0.631. The molecule has 0 aromatic carbocycles. The van der Waals surface area contributed by atoms with E-state index in [4.69, 9.17) is 10.8 Å². The molecule has 0 aromatic rings. The fraction of sp³-hybridized carbons (Fsp3) is 0.571. The van der Waals surface area contributed by atoms with Crippen molar-refractivity contribution in [1.82, 2.24) is 0 Å². The number of hydrogen-bond acceptors (Lipinski definition) is 7. The van der Waals surface area contributed by atoms with Crippen molar-refractivity contribution in [2.24, 2.45) is 5.73 Å². The summed E-state index contributed by atoms with van der Waals surface area (Å²) in [6, 6.07) is 0. The van der Waals surface area contributed by atoms with Gasteiger partial charge in [-0.05, 0) is 18.4 Å². The molecule has 0 amide bonds. The first kappa shape index (κ1) is 13.7. The third-order valence-electron chi connectivity index (χ3n) is 1.50. The van der Waals surface area contributed by atoms with E-state index in [0.717, 1.165) is 0 Å². The molecule has 0 aliphatic carbocycles. The van der Waals surface area contributed by atoms with Crippen LogP contribution in [0.5, 0.6) is 0 Å². The number of rotatable bonds is 5. The van der Waals surface area contributed by atoms with E-state index in [1.807, 2.05) is 0 Å². The van der Waals surface area contributed by atoms with E-state index in [2.05, 4.69) is 9.78 Å². The van der Waals surface area contributed by atoms with Crippen molar-refractivity contribution in [2.45, 2.75) is 12.0 Å². The van der Waals surface area contributed by atoms with Crippen molar-refractivity contribution in [3.63, 3.8) is 0 Å². The second-order valence-electron chi connectivity index (χ2n) is 2.62. The van der Waals surface area contributed by atoms with Crippen LogP contribution in [0.4, 0.5) is 4.79 Å². The van der Waals surface area contributed by atoms with Crippen LogP contribution in [-0.4, -0.2) is 41.1 Å². The summed E-state index contributed by atoms with van der Waals surface area (Å²) in [5, 5.41) is 8.04. The third-order valence-corrected chi connectivity index (χ3v) is 2.11. The highest BCUT2D eigenvalue weighted by molar-refractivity contribution is 7.98. The lowest BCUT2D eigenvalue weighted by molar-refractivity contribution is -0.245. The lowest BCUT2D eigenvalue weighted by atomic mass is 10.0. The van der Waals surface area contributed by atoms with Gasteiger partial charge in [0, 0.05) is 0 Å². The molecule has 0 aliphatic rings. The highest BCUT2D eigenvalue weighted by Crippen LogP contribution is 2.10. The summed E-state index contributed by atoms with van der Waals surface area (Å²) in [6.45, 7) is 0. The molecule has 0 saturated carbocycles. The van der Waals surface area contributed by atoms with Crippen molar-refractivity contribution in [2.75, 3.05) is 12.0 Å². The monoisotopic (exact) mass is 237 g/mol. The zero-order valence-electron chi connectivity index (χ0n) is 7.97. The van der Waals surface area contributed by atoms with Crippen molar-refractivity contribution < 1.29 is 29.3 Å². The van der Waals surface area contributed by atoms with Gasteiger partial charge in [-0.1, -0.05) is 0 Å². The van der Waals surface area contributed by atoms with Crippen LogP contribution in [-0.2, 0) is 19.4 Å². The zero-order valence-corrected chi connectivity index (χ0v) is 8.78. The smallest absolute Gasteiger partial charge is 0.447 e. The van der Waals surface area contributed by atoms with Crippen LogP contribution in [0, 0.1) is 0 Å². The Hall–Kier alpha value is -1.28. The summed E-state index contributed by atoms with van der Waals surface area (Å²) in [4.78, 5) is 39.0. The molecule has 15 heavy (non-hydrogen) atoms. The van der Waals surface area contributed by atoms with Gasteiger partial charge in [0.05, 0.1) is 0 Å². The van der Waals surface area contributed by atoms with Gasteiger partial charge in [0.15, 0.2) is 11.8 Å². The number of carbonyl (C=O) groups excluding carboxylic acids is 2. The molecular formula is C7H11NO6S. The number of nitrogens with two attached hydrogens (primary N) is 1. The average molecular weight is 237 g/mol. The summed E-state index contributed by atoms with van der Waals surface area (Å²) in [6.07, 6.45) is 0.224. The van der Waals surface area contributed by atoms with Crippen molar-refractivity contribution in [1.29, 1.82) is 0 Å². The summed E-state index contributed by atoms with van der Waals surface area (Å²) in [5.74, 6) is -0.772. The van der Waals surface area contributed by atoms with E-state index >= 15 is 0 Å². The molecule has 0 rings (SSSR count).